The fraction of sp³-hybridized carbons (Fsp3) is 0.706. The summed E-state index contributed by atoms with van der Waals surface area (Å²) in [5, 5.41) is 0.610. The minimum Gasteiger partial charge on any atom is -0.330 e. The average molecular weight is 307 g/mol. The second-order valence-electron chi connectivity index (χ2n) is 5.58. The fourth-order valence-electron chi connectivity index (χ4n) is 2.36. The Morgan fingerprint density at radius 3 is 2.00 bits per heavy atom. The molecule has 1 aliphatic rings. The molecule has 0 unspecified atom stereocenters. The second kappa shape index (κ2) is 10.8. The first-order valence-electron chi connectivity index (χ1n) is 8.15. The van der Waals surface area contributed by atoms with Crippen LogP contribution in [-0.4, -0.2) is 22.8 Å². The third-order valence-electron chi connectivity index (χ3n) is 3.65. The van der Waals surface area contributed by atoms with Crippen LogP contribution in [0.1, 0.15) is 77.0 Å². The van der Waals surface area contributed by atoms with E-state index >= 15 is 0 Å². The SMILES string of the molecule is C#CCCCCCCCCCCC(=O)ON1C(=O)CCC1=O. The number of imide groups is 1. The summed E-state index contributed by atoms with van der Waals surface area (Å²) in [5.41, 5.74) is 0. The number of unbranched alkanes of at least 4 members (excludes halogenated alkanes) is 8. The molecule has 0 radical (unpaired) electrons. The number of hydrogen-bond donors (Lipinski definition) is 0. The van der Waals surface area contributed by atoms with Crippen LogP contribution in [0.2, 0.25) is 0 Å². The van der Waals surface area contributed by atoms with Crippen molar-refractivity contribution in [3.63, 3.8) is 0 Å². The van der Waals surface area contributed by atoms with E-state index in [1.807, 2.05) is 0 Å². The van der Waals surface area contributed by atoms with Crippen molar-refractivity contribution in [2.45, 2.75) is 77.0 Å². The minimum atomic E-state index is -0.502. The molecule has 1 rings (SSSR count). The lowest BCUT2D eigenvalue weighted by molar-refractivity contribution is -0.197. The van der Waals surface area contributed by atoms with Crippen LogP contribution in [0.5, 0.6) is 0 Å². The van der Waals surface area contributed by atoms with Gasteiger partial charge in [-0.05, 0) is 12.8 Å². The highest BCUT2D eigenvalue weighted by molar-refractivity contribution is 6.01. The molecule has 2 amide bonds. The number of nitrogens with zero attached hydrogens (tertiary/aromatic N) is 1. The van der Waals surface area contributed by atoms with E-state index in [9.17, 15) is 14.4 Å². The van der Waals surface area contributed by atoms with E-state index in [0.29, 0.717) is 5.06 Å². The number of hydrogen-bond acceptors (Lipinski definition) is 4. The summed E-state index contributed by atoms with van der Waals surface area (Å²) in [6, 6.07) is 0. The summed E-state index contributed by atoms with van der Waals surface area (Å²) in [6.07, 6.45) is 15.2. The maximum absolute atomic E-state index is 11.5. The van der Waals surface area contributed by atoms with Crippen LogP contribution in [0.3, 0.4) is 0 Å². The Morgan fingerprint density at radius 1 is 0.955 bits per heavy atom. The third-order valence-corrected chi connectivity index (χ3v) is 3.65. The van der Waals surface area contributed by atoms with Gasteiger partial charge in [-0.2, -0.15) is 0 Å². The molecule has 0 aliphatic carbocycles. The number of hydroxylamine groups is 2. The summed E-state index contributed by atoms with van der Waals surface area (Å²) in [5.74, 6) is 1.28. The molecule has 0 atom stereocenters. The summed E-state index contributed by atoms with van der Waals surface area (Å²) in [6.45, 7) is 0. The van der Waals surface area contributed by atoms with Gasteiger partial charge in [0.1, 0.15) is 0 Å². The Kier molecular flexibility index (Phi) is 8.97. The van der Waals surface area contributed by atoms with Gasteiger partial charge in [-0.1, -0.05) is 38.5 Å². The highest BCUT2D eigenvalue weighted by Gasteiger charge is 2.32. The van der Waals surface area contributed by atoms with Crippen molar-refractivity contribution in [2.24, 2.45) is 0 Å². The van der Waals surface area contributed by atoms with E-state index in [-0.39, 0.29) is 19.3 Å². The molecule has 22 heavy (non-hydrogen) atoms. The van der Waals surface area contributed by atoms with Crippen LogP contribution in [-0.2, 0) is 19.2 Å². The molecule has 0 aromatic carbocycles. The minimum absolute atomic E-state index is 0.132. The predicted octanol–water partition coefficient (Wildman–Crippen LogP) is 3.13. The molecule has 1 fully saturated rings. The van der Waals surface area contributed by atoms with Crippen LogP contribution in [0.25, 0.3) is 0 Å². The maximum Gasteiger partial charge on any atom is 0.333 e. The van der Waals surface area contributed by atoms with Gasteiger partial charge >= 0.3 is 5.97 Å². The first-order chi connectivity index (χ1) is 10.6. The van der Waals surface area contributed by atoms with E-state index in [1.165, 1.54) is 19.3 Å². The van der Waals surface area contributed by atoms with Crippen molar-refractivity contribution >= 4 is 17.8 Å². The molecule has 5 nitrogen and oxygen atoms in total. The monoisotopic (exact) mass is 307 g/mol. The van der Waals surface area contributed by atoms with Gasteiger partial charge in [0.25, 0.3) is 11.8 Å². The van der Waals surface area contributed by atoms with Crippen molar-refractivity contribution in [3.05, 3.63) is 0 Å². The van der Waals surface area contributed by atoms with Crippen LogP contribution in [0.15, 0.2) is 0 Å². The second-order valence-corrected chi connectivity index (χ2v) is 5.58. The van der Waals surface area contributed by atoms with Gasteiger partial charge in [0.2, 0.25) is 0 Å². The molecule has 0 saturated carbocycles. The Morgan fingerprint density at radius 2 is 1.45 bits per heavy atom. The largest absolute Gasteiger partial charge is 0.333 e. The first-order valence-corrected chi connectivity index (χ1v) is 8.15. The lowest BCUT2D eigenvalue weighted by atomic mass is 10.1. The molecule has 0 bridgehead atoms. The fourth-order valence-corrected chi connectivity index (χ4v) is 2.36. The number of carbonyl (C=O) groups excluding carboxylic acids is 3. The van der Waals surface area contributed by atoms with E-state index in [4.69, 9.17) is 11.3 Å². The molecule has 0 spiro atoms. The smallest absolute Gasteiger partial charge is 0.330 e. The molecule has 0 aromatic heterocycles. The Hall–Kier alpha value is -1.83. The van der Waals surface area contributed by atoms with Crippen LogP contribution >= 0.6 is 0 Å². The summed E-state index contributed by atoms with van der Waals surface area (Å²) >= 11 is 0. The summed E-state index contributed by atoms with van der Waals surface area (Å²) in [4.78, 5) is 38.9. The molecule has 5 heteroatoms. The van der Waals surface area contributed by atoms with E-state index in [0.717, 1.165) is 38.5 Å². The Labute approximate surface area is 132 Å². The van der Waals surface area contributed by atoms with Crippen LogP contribution in [0, 0.1) is 12.3 Å². The average Bonchev–Trinajstić information content (AvgIpc) is 2.81. The lowest BCUT2D eigenvalue weighted by Gasteiger charge is -2.12. The van der Waals surface area contributed by atoms with Gasteiger partial charge in [0, 0.05) is 25.7 Å². The number of terminal acetylenes is 1. The summed E-state index contributed by atoms with van der Waals surface area (Å²) in [7, 11) is 0. The molecule has 0 aromatic rings. The van der Waals surface area contributed by atoms with Gasteiger partial charge in [-0.15, -0.1) is 17.4 Å². The van der Waals surface area contributed by atoms with Gasteiger partial charge in [0.05, 0.1) is 0 Å². The van der Waals surface area contributed by atoms with Gasteiger partial charge in [-0.3, -0.25) is 9.59 Å². The zero-order chi connectivity index (χ0) is 16.2. The van der Waals surface area contributed by atoms with Crippen LogP contribution < -0.4 is 0 Å². The molecule has 1 heterocycles. The molecular weight excluding hydrogens is 282 g/mol. The van der Waals surface area contributed by atoms with Gasteiger partial charge < -0.3 is 4.84 Å². The topological polar surface area (TPSA) is 63.7 Å². The van der Waals surface area contributed by atoms with Crippen molar-refractivity contribution < 1.29 is 19.2 Å². The van der Waals surface area contributed by atoms with E-state index < -0.39 is 17.8 Å². The van der Waals surface area contributed by atoms with Crippen molar-refractivity contribution in [2.75, 3.05) is 0 Å². The zero-order valence-electron chi connectivity index (χ0n) is 13.1. The molecule has 122 valence electrons. The molecular formula is C17H25NO4. The van der Waals surface area contributed by atoms with Crippen LogP contribution in [0.4, 0.5) is 0 Å². The number of amides is 2. The normalized spacial score (nSPS) is 14.2. The van der Waals surface area contributed by atoms with Gasteiger partial charge in [0.15, 0.2) is 0 Å². The maximum atomic E-state index is 11.5. The number of rotatable bonds is 11. The molecule has 1 aliphatic heterocycles. The Bertz CT molecular complexity index is 409. The first kappa shape index (κ1) is 18.2. The van der Waals surface area contributed by atoms with E-state index in [2.05, 4.69) is 5.92 Å². The highest BCUT2D eigenvalue weighted by Crippen LogP contribution is 2.14. The van der Waals surface area contributed by atoms with E-state index in [1.54, 1.807) is 0 Å². The zero-order valence-corrected chi connectivity index (χ0v) is 13.1. The Balaban J connectivity index is 1.94. The number of carbonyl (C=O) groups is 3. The molecule has 1 saturated heterocycles. The van der Waals surface area contributed by atoms with Crippen molar-refractivity contribution in [1.29, 1.82) is 0 Å². The van der Waals surface area contributed by atoms with Crippen molar-refractivity contribution in [3.8, 4) is 12.3 Å². The van der Waals surface area contributed by atoms with Gasteiger partial charge in [-0.25, -0.2) is 4.79 Å². The predicted molar refractivity (Wildman–Crippen MR) is 82.2 cm³/mol. The molecule has 0 N–H and O–H groups in total. The third kappa shape index (κ3) is 7.26. The highest BCUT2D eigenvalue weighted by atomic mass is 16.7. The summed E-state index contributed by atoms with van der Waals surface area (Å²) < 4.78 is 0. The standard InChI is InChI=1S/C17H25NO4/c1-2-3-4-5-6-7-8-9-10-11-12-17(21)22-18-15(19)13-14-16(18)20/h1H,3-14H2. The lowest BCUT2D eigenvalue weighted by Crippen LogP contribution is -2.31. The quantitative estimate of drug-likeness (QED) is 0.334. The van der Waals surface area contributed by atoms with Crippen molar-refractivity contribution in [1.82, 2.24) is 5.06 Å².